The van der Waals surface area contributed by atoms with Gasteiger partial charge in [0.25, 0.3) is 0 Å². The van der Waals surface area contributed by atoms with Crippen molar-refractivity contribution in [3.8, 4) is 0 Å². The van der Waals surface area contributed by atoms with Crippen molar-refractivity contribution in [3.05, 3.63) is 35.9 Å². The fraction of sp³-hybridized carbons (Fsp3) is 0.588. The molecule has 4 nitrogen and oxygen atoms in total. The summed E-state index contributed by atoms with van der Waals surface area (Å²) in [6.45, 7) is 7.91. The molecule has 0 saturated carbocycles. The summed E-state index contributed by atoms with van der Waals surface area (Å²) in [5.74, 6) is -0.230. The quantitative estimate of drug-likeness (QED) is 0.864. The second-order valence-corrected chi connectivity index (χ2v) is 6.69. The Kier molecular flexibility index (Phi) is 5.01. The van der Waals surface area contributed by atoms with Crippen molar-refractivity contribution >= 4 is 5.97 Å². The molecule has 0 spiro atoms. The Bertz CT molecular complexity index is 467. The second kappa shape index (κ2) is 6.58. The van der Waals surface area contributed by atoms with E-state index in [0.29, 0.717) is 6.54 Å². The molecule has 1 aromatic rings. The monoisotopic (exact) mass is 290 g/mol. The number of likely N-dealkylation sites (tertiary alicyclic amines) is 1. The summed E-state index contributed by atoms with van der Waals surface area (Å²) < 4.78 is 5.53. The van der Waals surface area contributed by atoms with Gasteiger partial charge in [-0.3, -0.25) is 9.69 Å². The molecule has 0 aromatic heterocycles. The molecule has 1 saturated heterocycles. The largest absolute Gasteiger partial charge is 0.460 e. The van der Waals surface area contributed by atoms with Crippen LogP contribution in [0.2, 0.25) is 0 Å². The van der Waals surface area contributed by atoms with Gasteiger partial charge in [-0.1, -0.05) is 30.3 Å². The maximum atomic E-state index is 12.3. The van der Waals surface area contributed by atoms with Crippen LogP contribution >= 0.6 is 0 Å². The summed E-state index contributed by atoms with van der Waals surface area (Å²) in [4.78, 5) is 14.6. The Morgan fingerprint density at radius 2 is 2.00 bits per heavy atom. The summed E-state index contributed by atoms with van der Waals surface area (Å²) in [6, 6.07) is 10.4. The van der Waals surface area contributed by atoms with Crippen LogP contribution in [-0.4, -0.2) is 35.6 Å². The number of rotatable bonds is 4. The van der Waals surface area contributed by atoms with Crippen molar-refractivity contribution in [2.24, 2.45) is 11.7 Å². The van der Waals surface area contributed by atoms with Crippen molar-refractivity contribution in [1.29, 1.82) is 0 Å². The lowest BCUT2D eigenvalue weighted by Gasteiger charge is -2.28. The Morgan fingerprint density at radius 3 is 2.57 bits per heavy atom. The van der Waals surface area contributed by atoms with Gasteiger partial charge in [0.2, 0.25) is 0 Å². The van der Waals surface area contributed by atoms with Crippen LogP contribution in [-0.2, 0) is 16.1 Å². The smallest absolute Gasteiger partial charge is 0.311 e. The molecule has 0 bridgehead atoms. The molecule has 1 heterocycles. The van der Waals surface area contributed by atoms with E-state index in [1.165, 1.54) is 5.56 Å². The summed E-state index contributed by atoms with van der Waals surface area (Å²) in [5, 5.41) is 0. The molecule has 0 radical (unpaired) electrons. The minimum absolute atomic E-state index is 0.0695. The van der Waals surface area contributed by atoms with Crippen LogP contribution < -0.4 is 5.73 Å². The van der Waals surface area contributed by atoms with Gasteiger partial charge in [0.15, 0.2) is 0 Å². The third kappa shape index (κ3) is 4.29. The van der Waals surface area contributed by atoms with Crippen LogP contribution in [0.4, 0.5) is 0 Å². The van der Waals surface area contributed by atoms with Gasteiger partial charge in [0.05, 0.1) is 5.92 Å². The molecule has 4 heteroatoms. The van der Waals surface area contributed by atoms with Crippen LogP contribution in [0.15, 0.2) is 30.3 Å². The number of nitrogens with two attached hydrogens (primary N) is 1. The zero-order valence-electron chi connectivity index (χ0n) is 13.2. The van der Waals surface area contributed by atoms with Crippen molar-refractivity contribution in [2.45, 2.75) is 45.4 Å². The lowest BCUT2D eigenvalue weighted by atomic mass is 10.00. The summed E-state index contributed by atoms with van der Waals surface area (Å²) in [6.07, 6.45) is 0.823. The molecular formula is C17H26N2O2. The first-order chi connectivity index (χ1) is 9.90. The van der Waals surface area contributed by atoms with Crippen LogP contribution in [0, 0.1) is 5.92 Å². The predicted molar refractivity (Wildman–Crippen MR) is 83.6 cm³/mol. The number of esters is 1. The minimum atomic E-state index is -0.441. The van der Waals surface area contributed by atoms with Crippen molar-refractivity contribution < 1.29 is 9.53 Å². The zero-order chi connectivity index (χ0) is 15.5. The number of carbonyl (C=O) groups excluding carboxylic acids is 1. The maximum absolute atomic E-state index is 12.3. The fourth-order valence-corrected chi connectivity index (χ4v) is 2.90. The summed E-state index contributed by atoms with van der Waals surface area (Å²) in [5.41, 5.74) is 6.73. The molecule has 0 aliphatic carbocycles. The Balaban J connectivity index is 2.02. The Labute approximate surface area is 127 Å². The minimum Gasteiger partial charge on any atom is -0.460 e. The molecule has 0 amide bonds. The van der Waals surface area contributed by atoms with Crippen molar-refractivity contribution in [2.75, 3.05) is 13.1 Å². The number of nitrogens with zero attached hydrogens (tertiary/aromatic N) is 1. The number of benzene rings is 1. The fourth-order valence-electron chi connectivity index (χ4n) is 2.90. The average Bonchev–Trinajstić information content (AvgIpc) is 2.81. The standard InChI is InChI=1S/C17H26N2O2/c1-17(2,3)21-16(20)14-9-10-19(15(14)11-18)12-13-7-5-4-6-8-13/h4-8,14-15H,9-12,18H2,1-3H3/t14-,15+/m1/s1. The lowest BCUT2D eigenvalue weighted by molar-refractivity contribution is -0.160. The van der Waals surface area contributed by atoms with Crippen molar-refractivity contribution in [3.63, 3.8) is 0 Å². The highest BCUT2D eigenvalue weighted by molar-refractivity contribution is 5.74. The van der Waals surface area contributed by atoms with Gasteiger partial charge in [0, 0.05) is 19.1 Å². The van der Waals surface area contributed by atoms with Crippen LogP contribution in [0.1, 0.15) is 32.8 Å². The number of carbonyl (C=O) groups is 1. The van der Waals surface area contributed by atoms with E-state index >= 15 is 0 Å². The number of hydrogen-bond acceptors (Lipinski definition) is 4. The number of ether oxygens (including phenoxy) is 1. The van der Waals surface area contributed by atoms with Crippen LogP contribution in [0.5, 0.6) is 0 Å². The topological polar surface area (TPSA) is 55.6 Å². The second-order valence-electron chi connectivity index (χ2n) is 6.69. The summed E-state index contributed by atoms with van der Waals surface area (Å²) >= 11 is 0. The molecule has 21 heavy (non-hydrogen) atoms. The first kappa shape index (κ1) is 16.0. The van der Waals surface area contributed by atoms with E-state index in [1.807, 2.05) is 39.0 Å². The highest BCUT2D eigenvalue weighted by atomic mass is 16.6. The van der Waals surface area contributed by atoms with Gasteiger partial charge in [-0.05, 0) is 39.3 Å². The van der Waals surface area contributed by atoms with E-state index in [-0.39, 0.29) is 17.9 Å². The molecule has 1 aliphatic heterocycles. The Morgan fingerprint density at radius 1 is 1.33 bits per heavy atom. The van der Waals surface area contributed by atoms with Crippen molar-refractivity contribution in [1.82, 2.24) is 4.90 Å². The van der Waals surface area contributed by atoms with Gasteiger partial charge in [-0.25, -0.2) is 0 Å². The third-order valence-corrected chi connectivity index (χ3v) is 3.84. The van der Waals surface area contributed by atoms with Gasteiger partial charge in [-0.2, -0.15) is 0 Å². The molecule has 2 N–H and O–H groups in total. The van der Waals surface area contributed by atoms with Gasteiger partial charge in [-0.15, -0.1) is 0 Å². The average molecular weight is 290 g/mol. The van der Waals surface area contributed by atoms with Gasteiger partial charge >= 0.3 is 5.97 Å². The molecule has 1 aliphatic rings. The van der Waals surface area contributed by atoms with E-state index in [1.54, 1.807) is 0 Å². The SMILES string of the molecule is CC(C)(C)OC(=O)[C@@H]1CCN(Cc2ccccc2)[C@H]1CN. The first-order valence-electron chi connectivity index (χ1n) is 7.61. The predicted octanol–water partition coefficient (Wildman–Crippen LogP) is 2.18. The highest BCUT2D eigenvalue weighted by Crippen LogP contribution is 2.28. The molecular weight excluding hydrogens is 264 g/mol. The maximum Gasteiger partial charge on any atom is 0.311 e. The highest BCUT2D eigenvalue weighted by Gasteiger charge is 2.39. The van der Waals surface area contributed by atoms with Gasteiger partial charge < -0.3 is 10.5 Å². The molecule has 116 valence electrons. The van der Waals surface area contributed by atoms with Gasteiger partial charge in [0.1, 0.15) is 5.60 Å². The molecule has 2 rings (SSSR count). The zero-order valence-corrected chi connectivity index (χ0v) is 13.2. The molecule has 1 fully saturated rings. The van der Waals surface area contributed by atoms with E-state index in [2.05, 4.69) is 17.0 Å². The normalized spacial score (nSPS) is 23.2. The van der Waals surface area contributed by atoms with E-state index in [4.69, 9.17) is 10.5 Å². The van der Waals surface area contributed by atoms with Crippen LogP contribution in [0.25, 0.3) is 0 Å². The van der Waals surface area contributed by atoms with E-state index < -0.39 is 5.60 Å². The number of hydrogen-bond donors (Lipinski definition) is 1. The first-order valence-corrected chi connectivity index (χ1v) is 7.61. The van der Waals surface area contributed by atoms with Crippen LogP contribution in [0.3, 0.4) is 0 Å². The molecule has 0 unspecified atom stereocenters. The Hall–Kier alpha value is -1.39. The third-order valence-electron chi connectivity index (χ3n) is 3.84. The molecule has 2 atom stereocenters. The van der Waals surface area contributed by atoms with E-state index in [9.17, 15) is 4.79 Å². The molecule has 1 aromatic carbocycles. The summed E-state index contributed by atoms with van der Waals surface area (Å²) in [7, 11) is 0. The lowest BCUT2D eigenvalue weighted by Crippen LogP contribution is -2.42. The van der Waals surface area contributed by atoms with E-state index in [0.717, 1.165) is 19.5 Å².